The molecule has 0 N–H and O–H groups in total. The number of hydrogen-bond acceptors (Lipinski definition) is 3. The van der Waals surface area contributed by atoms with Crippen molar-refractivity contribution < 1.29 is 12.0 Å². The standard InChI is InChI=1S/C26H24O3S2/c1-21-16-18-25(19-17-21)31(27,28)29-30(23-11-5-3-6-12-23,24-13-7-4-8-14-24)26-15-9-10-22(2)20-26/h3-20H,1-2H3. The maximum atomic E-state index is 13.6. The Balaban J connectivity index is 2.01. The van der Waals surface area contributed by atoms with Gasteiger partial charge in [-0.15, -0.1) is 0 Å². The molecule has 0 fully saturated rings. The van der Waals surface area contributed by atoms with Crippen LogP contribution in [0.3, 0.4) is 0 Å². The molecule has 0 amide bonds. The molecule has 31 heavy (non-hydrogen) atoms. The predicted molar refractivity (Wildman–Crippen MR) is 126 cm³/mol. The van der Waals surface area contributed by atoms with Crippen LogP contribution in [0, 0.1) is 13.8 Å². The van der Waals surface area contributed by atoms with Crippen LogP contribution in [-0.2, 0) is 13.7 Å². The molecule has 4 rings (SSSR count). The van der Waals surface area contributed by atoms with Gasteiger partial charge in [-0.1, -0.05) is 66.2 Å². The summed E-state index contributed by atoms with van der Waals surface area (Å²) in [5.41, 5.74) is 2.03. The van der Waals surface area contributed by atoms with Crippen LogP contribution in [0.4, 0.5) is 0 Å². The summed E-state index contributed by atoms with van der Waals surface area (Å²) in [6, 6.07) is 33.9. The van der Waals surface area contributed by atoms with Crippen LogP contribution in [0.25, 0.3) is 0 Å². The summed E-state index contributed by atoms with van der Waals surface area (Å²) in [4.78, 5) is 2.63. The molecular weight excluding hydrogens is 424 g/mol. The molecule has 0 heterocycles. The van der Waals surface area contributed by atoms with Gasteiger partial charge in [0.05, 0.1) is 4.90 Å². The van der Waals surface area contributed by atoms with Gasteiger partial charge in [-0.05, 0) is 78.3 Å². The first-order chi connectivity index (χ1) is 14.9. The molecule has 0 saturated heterocycles. The van der Waals surface area contributed by atoms with E-state index in [9.17, 15) is 8.42 Å². The summed E-state index contributed by atoms with van der Waals surface area (Å²) in [7, 11) is -6.61. The fourth-order valence-electron chi connectivity index (χ4n) is 3.42. The topological polar surface area (TPSA) is 43.4 Å². The van der Waals surface area contributed by atoms with Gasteiger partial charge in [-0.3, -0.25) is 0 Å². The summed E-state index contributed by atoms with van der Waals surface area (Å²) in [6.07, 6.45) is 0. The minimum Gasteiger partial charge on any atom is -0.203 e. The number of hydrogen-bond donors (Lipinski definition) is 0. The van der Waals surface area contributed by atoms with Crippen molar-refractivity contribution in [2.45, 2.75) is 33.4 Å². The lowest BCUT2D eigenvalue weighted by Crippen LogP contribution is -2.14. The molecule has 3 nitrogen and oxygen atoms in total. The normalized spacial score (nSPS) is 12.5. The van der Waals surface area contributed by atoms with E-state index in [2.05, 4.69) is 0 Å². The molecule has 0 aliphatic rings. The quantitative estimate of drug-likeness (QED) is 0.322. The summed E-state index contributed by atoms with van der Waals surface area (Å²) in [5, 5.41) is 0. The van der Waals surface area contributed by atoms with Crippen molar-refractivity contribution in [1.29, 1.82) is 0 Å². The number of rotatable bonds is 6. The maximum Gasteiger partial charge on any atom is 0.307 e. The number of benzene rings is 4. The van der Waals surface area contributed by atoms with Gasteiger partial charge in [-0.25, -0.2) is 3.63 Å². The minimum absolute atomic E-state index is 0.148. The lowest BCUT2D eigenvalue weighted by molar-refractivity contribution is 0.508. The predicted octanol–water partition coefficient (Wildman–Crippen LogP) is 6.91. The zero-order valence-corrected chi connectivity index (χ0v) is 19.1. The van der Waals surface area contributed by atoms with E-state index in [0.29, 0.717) is 0 Å². The van der Waals surface area contributed by atoms with Crippen LogP contribution in [0.15, 0.2) is 129 Å². The van der Waals surface area contributed by atoms with Crippen molar-refractivity contribution in [2.75, 3.05) is 0 Å². The Morgan fingerprint density at radius 2 is 1.03 bits per heavy atom. The van der Waals surface area contributed by atoms with Gasteiger partial charge in [0.15, 0.2) is 0 Å². The summed E-state index contributed by atoms with van der Waals surface area (Å²) in [6.45, 7) is 3.92. The molecule has 4 aromatic carbocycles. The third-order valence-corrected chi connectivity index (χ3v) is 10.1. The summed E-state index contributed by atoms with van der Waals surface area (Å²) in [5.74, 6) is 0. The van der Waals surface area contributed by atoms with Gasteiger partial charge < -0.3 is 0 Å². The molecule has 0 atom stereocenters. The van der Waals surface area contributed by atoms with E-state index in [1.807, 2.05) is 98.8 Å². The van der Waals surface area contributed by atoms with E-state index in [0.717, 1.165) is 25.8 Å². The summed E-state index contributed by atoms with van der Waals surface area (Å²) < 4.78 is 33.4. The minimum atomic E-state index is -4.05. The Hall–Kier alpha value is -2.86. The van der Waals surface area contributed by atoms with Gasteiger partial charge >= 0.3 is 10.1 Å². The van der Waals surface area contributed by atoms with Crippen LogP contribution in [0.5, 0.6) is 0 Å². The molecule has 0 aromatic heterocycles. The average Bonchev–Trinajstić information content (AvgIpc) is 2.79. The van der Waals surface area contributed by atoms with E-state index >= 15 is 0 Å². The smallest absolute Gasteiger partial charge is 0.203 e. The molecule has 0 spiro atoms. The molecule has 0 unspecified atom stereocenters. The van der Waals surface area contributed by atoms with Gasteiger partial charge in [0, 0.05) is 14.7 Å². The molecular formula is C26H24O3S2. The van der Waals surface area contributed by atoms with Crippen LogP contribution in [0.1, 0.15) is 11.1 Å². The first kappa shape index (κ1) is 21.4. The third-order valence-electron chi connectivity index (χ3n) is 4.97. The molecule has 158 valence electrons. The van der Waals surface area contributed by atoms with Crippen molar-refractivity contribution in [3.05, 3.63) is 120 Å². The molecule has 4 aromatic rings. The van der Waals surface area contributed by atoms with E-state index in [1.54, 1.807) is 24.3 Å². The number of aryl methyl sites for hydroxylation is 2. The van der Waals surface area contributed by atoms with Crippen LogP contribution in [0.2, 0.25) is 0 Å². The van der Waals surface area contributed by atoms with Crippen LogP contribution >= 0.6 is 10.3 Å². The fraction of sp³-hybridized carbons (Fsp3) is 0.0769. The van der Waals surface area contributed by atoms with Gasteiger partial charge in [-0.2, -0.15) is 8.42 Å². The largest absolute Gasteiger partial charge is 0.307 e. The van der Waals surface area contributed by atoms with Crippen molar-refractivity contribution in [3.8, 4) is 0 Å². The highest BCUT2D eigenvalue weighted by molar-refractivity contribution is 8.33. The molecule has 0 aliphatic heterocycles. The fourth-order valence-corrected chi connectivity index (χ4v) is 8.74. The molecule has 0 bridgehead atoms. The molecule has 5 heteroatoms. The van der Waals surface area contributed by atoms with E-state index < -0.39 is 20.4 Å². The lowest BCUT2D eigenvalue weighted by atomic mass is 10.2. The third kappa shape index (κ3) is 4.30. The highest BCUT2D eigenvalue weighted by atomic mass is 32.3. The van der Waals surface area contributed by atoms with Crippen molar-refractivity contribution in [3.63, 3.8) is 0 Å². The second-order valence-electron chi connectivity index (χ2n) is 7.33. The maximum absolute atomic E-state index is 13.6. The first-order valence-corrected chi connectivity index (χ1v) is 12.9. The summed E-state index contributed by atoms with van der Waals surface area (Å²) >= 11 is 0. The van der Waals surface area contributed by atoms with Crippen LogP contribution in [-0.4, -0.2) is 8.42 Å². The van der Waals surface area contributed by atoms with E-state index in [1.165, 1.54) is 0 Å². The highest BCUT2D eigenvalue weighted by Gasteiger charge is 2.38. The van der Waals surface area contributed by atoms with Crippen LogP contribution < -0.4 is 0 Å². The van der Waals surface area contributed by atoms with E-state index in [4.69, 9.17) is 3.63 Å². The zero-order valence-electron chi connectivity index (χ0n) is 17.4. The van der Waals surface area contributed by atoms with Gasteiger partial charge in [0.1, 0.15) is 0 Å². The second-order valence-corrected chi connectivity index (χ2v) is 11.8. The molecule has 0 aliphatic carbocycles. The molecule has 0 radical (unpaired) electrons. The SMILES string of the molecule is Cc1ccc(S(=O)(=O)OS(c2ccccc2)(c2ccccc2)c2cccc(C)c2)cc1. The Morgan fingerprint density at radius 1 is 0.516 bits per heavy atom. The highest BCUT2D eigenvalue weighted by Crippen LogP contribution is 2.70. The van der Waals surface area contributed by atoms with Crippen molar-refractivity contribution in [1.82, 2.24) is 0 Å². The van der Waals surface area contributed by atoms with E-state index in [-0.39, 0.29) is 4.90 Å². The Labute approximate surface area is 186 Å². The average molecular weight is 449 g/mol. The monoisotopic (exact) mass is 448 g/mol. The van der Waals surface area contributed by atoms with Gasteiger partial charge in [0.2, 0.25) is 0 Å². The van der Waals surface area contributed by atoms with Crippen molar-refractivity contribution >= 4 is 20.4 Å². The van der Waals surface area contributed by atoms with Crippen molar-refractivity contribution in [2.24, 2.45) is 0 Å². The molecule has 0 saturated carbocycles. The Bertz CT molecular complexity index is 1230. The second kappa shape index (κ2) is 8.71. The zero-order chi connectivity index (χ0) is 21.9. The Morgan fingerprint density at radius 3 is 1.55 bits per heavy atom. The van der Waals surface area contributed by atoms with Gasteiger partial charge in [0.25, 0.3) is 0 Å². The Kier molecular flexibility index (Phi) is 6.01. The first-order valence-electron chi connectivity index (χ1n) is 9.95. The lowest BCUT2D eigenvalue weighted by Gasteiger charge is -2.39.